The average molecular weight is 421 g/mol. The molecule has 0 radical (unpaired) electrons. The SMILES string of the molecule is COCCN=c1scc(-c2ccc(OC(F)F)cc2)n1/N=C\c1ccc(F)cc1. The van der Waals surface area contributed by atoms with E-state index in [9.17, 15) is 13.2 Å². The van der Waals surface area contributed by atoms with Crippen molar-refractivity contribution >= 4 is 17.6 Å². The van der Waals surface area contributed by atoms with Crippen molar-refractivity contribution < 1.29 is 22.6 Å². The van der Waals surface area contributed by atoms with Gasteiger partial charge in [-0.05, 0) is 42.0 Å². The van der Waals surface area contributed by atoms with Gasteiger partial charge in [0.1, 0.15) is 11.6 Å². The minimum Gasteiger partial charge on any atom is -0.435 e. The second-order valence-electron chi connectivity index (χ2n) is 5.79. The van der Waals surface area contributed by atoms with Crippen LogP contribution < -0.4 is 9.54 Å². The molecule has 3 rings (SSSR count). The second kappa shape index (κ2) is 10.0. The Morgan fingerprint density at radius 2 is 1.83 bits per heavy atom. The quantitative estimate of drug-likeness (QED) is 0.400. The number of hydrogen-bond donors (Lipinski definition) is 0. The van der Waals surface area contributed by atoms with Gasteiger partial charge in [0.05, 0.1) is 25.1 Å². The topological polar surface area (TPSA) is 48.1 Å². The van der Waals surface area contributed by atoms with E-state index >= 15 is 0 Å². The zero-order valence-electron chi connectivity index (χ0n) is 15.5. The summed E-state index contributed by atoms with van der Waals surface area (Å²) in [7, 11) is 1.60. The summed E-state index contributed by atoms with van der Waals surface area (Å²) in [5.74, 6) is -0.252. The number of rotatable bonds is 8. The third-order valence-corrected chi connectivity index (χ3v) is 4.65. The van der Waals surface area contributed by atoms with Gasteiger partial charge in [0, 0.05) is 18.1 Å². The zero-order valence-corrected chi connectivity index (χ0v) is 16.3. The predicted molar refractivity (Wildman–Crippen MR) is 106 cm³/mol. The molecular formula is C20H18F3N3O2S. The molecule has 3 aromatic rings. The van der Waals surface area contributed by atoms with Crippen LogP contribution in [0.1, 0.15) is 5.56 Å². The summed E-state index contributed by atoms with van der Waals surface area (Å²) in [5.41, 5.74) is 2.21. The number of aromatic nitrogens is 1. The first-order chi connectivity index (χ1) is 14.1. The molecule has 0 fully saturated rings. The van der Waals surface area contributed by atoms with Crippen LogP contribution in [0.15, 0.2) is 64.0 Å². The fourth-order valence-electron chi connectivity index (χ4n) is 2.43. The van der Waals surface area contributed by atoms with Gasteiger partial charge in [0.15, 0.2) is 0 Å². The van der Waals surface area contributed by atoms with Gasteiger partial charge in [-0.3, -0.25) is 4.99 Å². The third kappa shape index (κ3) is 5.78. The van der Waals surface area contributed by atoms with Crippen molar-refractivity contribution in [1.82, 2.24) is 4.68 Å². The van der Waals surface area contributed by atoms with Crippen molar-refractivity contribution in [1.29, 1.82) is 0 Å². The van der Waals surface area contributed by atoms with Crippen LogP contribution in [0.25, 0.3) is 11.3 Å². The standard InChI is InChI=1S/C20H18F3N3O2S/c1-27-11-10-24-20-26(25-12-14-2-6-16(21)7-3-14)18(13-29-20)15-4-8-17(9-5-15)28-19(22)23/h2-9,12-13,19H,10-11H2,1H3/b24-20?,25-12-. The highest BCUT2D eigenvalue weighted by Gasteiger charge is 2.09. The van der Waals surface area contributed by atoms with E-state index < -0.39 is 6.61 Å². The number of nitrogens with zero attached hydrogens (tertiary/aromatic N) is 3. The number of halogens is 3. The summed E-state index contributed by atoms with van der Waals surface area (Å²) in [6.45, 7) is -1.95. The Morgan fingerprint density at radius 1 is 1.10 bits per heavy atom. The highest BCUT2D eigenvalue weighted by Crippen LogP contribution is 2.24. The molecule has 152 valence electrons. The van der Waals surface area contributed by atoms with Gasteiger partial charge in [-0.2, -0.15) is 13.9 Å². The van der Waals surface area contributed by atoms with Gasteiger partial charge in [-0.1, -0.05) is 12.1 Å². The molecule has 0 spiro atoms. The minimum atomic E-state index is -2.88. The van der Waals surface area contributed by atoms with E-state index in [1.807, 2.05) is 5.38 Å². The summed E-state index contributed by atoms with van der Waals surface area (Å²) in [5, 5.41) is 6.36. The van der Waals surface area contributed by atoms with E-state index in [4.69, 9.17) is 4.74 Å². The molecule has 2 aromatic carbocycles. The zero-order chi connectivity index (χ0) is 20.6. The van der Waals surface area contributed by atoms with E-state index in [-0.39, 0.29) is 11.6 Å². The summed E-state index contributed by atoms with van der Waals surface area (Å²) >= 11 is 1.39. The molecule has 5 nitrogen and oxygen atoms in total. The van der Waals surface area contributed by atoms with Crippen LogP contribution in [0.3, 0.4) is 0 Å². The lowest BCUT2D eigenvalue weighted by atomic mass is 10.2. The summed E-state index contributed by atoms with van der Waals surface area (Å²) < 4.78 is 48.9. The Labute approximate surface area is 169 Å². The normalized spacial score (nSPS) is 12.2. The van der Waals surface area contributed by atoms with Crippen molar-refractivity contribution in [2.24, 2.45) is 10.1 Å². The highest BCUT2D eigenvalue weighted by molar-refractivity contribution is 7.07. The summed E-state index contributed by atoms with van der Waals surface area (Å²) in [4.78, 5) is 5.13. The van der Waals surface area contributed by atoms with E-state index in [2.05, 4.69) is 14.8 Å². The van der Waals surface area contributed by atoms with Crippen LogP contribution >= 0.6 is 11.3 Å². The Bertz CT molecular complexity index is 1010. The molecule has 0 unspecified atom stereocenters. The first-order valence-electron chi connectivity index (χ1n) is 8.62. The molecule has 0 bridgehead atoms. The number of methoxy groups -OCH3 is 1. The van der Waals surface area contributed by atoms with Gasteiger partial charge < -0.3 is 9.47 Å². The Hall–Kier alpha value is -2.91. The van der Waals surface area contributed by atoms with Gasteiger partial charge >= 0.3 is 6.61 Å². The van der Waals surface area contributed by atoms with Crippen molar-refractivity contribution in [2.75, 3.05) is 20.3 Å². The molecule has 0 N–H and O–H groups in total. The van der Waals surface area contributed by atoms with Crippen LogP contribution in [0.5, 0.6) is 5.75 Å². The van der Waals surface area contributed by atoms with Crippen molar-refractivity contribution in [3.05, 3.63) is 70.1 Å². The lowest BCUT2D eigenvalue weighted by Gasteiger charge is -2.07. The van der Waals surface area contributed by atoms with Crippen molar-refractivity contribution in [2.45, 2.75) is 6.61 Å². The number of alkyl halides is 2. The Kier molecular flexibility index (Phi) is 7.20. The molecule has 0 amide bonds. The van der Waals surface area contributed by atoms with E-state index in [0.717, 1.165) is 16.8 Å². The molecule has 1 aromatic heterocycles. The van der Waals surface area contributed by atoms with Gasteiger partial charge in [-0.15, -0.1) is 11.3 Å². The van der Waals surface area contributed by atoms with Crippen molar-refractivity contribution in [3.63, 3.8) is 0 Å². The summed E-state index contributed by atoms with van der Waals surface area (Å²) in [6, 6.07) is 12.2. The maximum absolute atomic E-state index is 13.1. The fraction of sp³-hybridized carbons (Fsp3) is 0.200. The lowest BCUT2D eigenvalue weighted by Crippen LogP contribution is -2.13. The van der Waals surface area contributed by atoms with Crippen LogP contribution in [-0.2, 0) is 4.74 Å². The van der Waals surface area contributed by atoms with Crippen LogP contribution in [0.4, 0.5) is 13.2 Å². The van der Waals surface area contributed by atoms with E-state index in [1.54, 1.807) is 42.3 Å². The maximum atomic E-state index is 13.1. The molecule has 0 saturated carbocycles. The van der Waals surface area contributed by atoms with E-state index in [0.29, 0.717) is 18.0 Å². The molecule has 9 heteroatoms. The van der Waals surface area contributed by atoms with Gasteiger partial charge in [0.25, 0.3) is 0 Å². The number of hydrogen-bond acceptors (Lipinski definition) is 5. The Balaban J connectivity index is 1.96. The molecular weight excluding hydrogens is 403 g/mol. The fourth-order valence-corrected chi connectivity index (χ4v) is 3.29. The smallest absolute Gasteiger partial charge is 0.387 e. The first kappa shape index (κ1) is 20.8. The highest BCUT2D eigenvalue weighted by atomic mass is 32.1. The molecule has 29 heavy (non-hydrogen) atoms. The predicted octanol–water partition coefficient (Wildman–Crippen LogP) is 4.39. The number of ether oxygens (including phenoxy) is 2. The molecule has 0 aliphatic carbocycles. The molecule has 0 atom stereocenters. The second-order valence-corrected chi connectivity index (χ2v) is 6.63. The van der Waals surface area contributed by atoms with Crippen molar-refractivity contribution in [3.8, 4) is 17.0 Å². The lowest BCUT2D eigenvalue weighted by molar-refractivity contribution is -0.0498. The van der Waals surface area contributed by atoms with Gasteiger partial charge in [-0.25, -0.2) is 9.07 Å². The Morgan fingerprint density at radius 3 is 2.48 bits per heavy atom. The van der Waals surface area contributed by atoms with Crippen LogP contribution in [0.2, 0.25) is 0 Å². The number of thiazole rings is 1. The van der Waals surface area contributed by atoms with E-state index in [1.165, 1.54) is 35.6 Å². The first-order valence-corrected chi connectivity index (χ1v) is 9.50. The third-order valence-electron chi connectivity index (χ3n) is 3.80. The summed E-state index contributed by atoms with van der Waals surface area (Å²) in [6.07, 6.45) is 1.60. The average Bonchev–Trinajstić information content (AvgIpc) is 3.11. The van der Waals surface area contributed by atoms with Gasteiger partial charge in [0.2, 0.25) is 4.80 Å². The molecule has 0 saturated heterocycles. The minimum absolute atomic E-state index is 0.0744. The molecule has 1 heterocycles. The van der Waals surface area contributed by atoms with Crippen LogP contribution in [0, 0.1) is 5.82 Å². The maximum Gasteiger partial charge on any atom is 0.387 e. The molecule has 0 aliphatic rings. The largest absolute Gasteiger partial charge is 0.435 e. The molecule has 0 aliphatic heterocycles. The number of benzene rings is 2. The monoisotopic (exact) mass is 421 g/mol. The van der Waals surface area contributed by atoms with Crippen LogP contribution in [-0.4, -0.2) is 37.8 Å².